The summed E-state index contributed by atoms with van der Waals surface area (Å²) in [6.45, 7) is -0.780. The summed E-state index contributed by atoms with van der Waals surface area (Å²) in [5, 5.41) is 49.7. The van der Waals surface area contributed by atoms with Crippen LogP contribution in [-0.4, -0.2) is 68.7 Å². The van der Waals surface area contributed by atoms with Gasteiger partial charge in [0, 0.05) is 4.90 Å². The average Bonchev–Trinajstić information content (AvgIpc) is 2.52. The van der Waals surface area contributed by atoms with E-state index in [1.54, 1.807) is 18.2 Å². The minimum atomic E-state index is -1.78. The Labute approximate surface area is 132 Å². The largest absolute Gasteiger partial charge is 0.394 e. The third-order valence-corrected chi connectivity index (χ3v) is 3.21. The van der Waals surface area contributed by atoms with Gasteiger partial charge in [-0.2, -0.15) is 5.10 Å². The molecular weight excluding hydrogens is 312 g/mol. The zero-order valence-electron chi connectivity index (χ0n) is 11.4. The molecule has 0 spiro atoms. The molecule has 0 saturated heterocycles. The summed E-state index contributed by atoms with van der Waals surface area (Å²) >= 11 is 4.11. The fourth-order valence-corrected chi connectivity index (χ4v) is 1.79. The number of nitrogens with one attached hydrogen (secondary N) is 1. The molecule has 0 heterocycles. The molecule has 8 nitrogen and oxygen atoms in total. The number of carbonyl (C=O) groups excluding carboxylic acids is 1. The van der Waals surface area contributed by atoms with Crippen LogP contribution in [0.15, 0.2) is 34.3 Å². The maximum absolute atomic E-state index is 11.8. The Hall–Kier alpha value is -1.49. The molecule has 1 aromatic carbocycles. The van der Waals surface area contributed by atoms with Crippen molar-refractivity contribution in [2.45, 2.75) is 29.3 Å². The molecule has 1 aromatic rings. The predicted octanol–water partition coefficient (Wildman–Crippen LogP) is -1.87. The maximum Gasteiger partial charge on any atom is 0.272 e. The molecule has 0 saturated carbocycles. The molecule has 6 N–H and O–H groups in total. The lowest BCUT2D eigenvalue weighted by atomic mass is 10.0. The number of aliphatic hydroxyl groups excluding tert-OH is 5. The molecule has 0 aliphatic carbocycles. The summed E-state index contributed by atoms with van der Waals surface area (Å²) in [5.41, 5.74) is 2.40. The second-order valence-corrected chi connectivity index (χ2v) is 4.94. The molecule has 0 fully saturated rings. The van der Waals surface area contributed by atoms with Gasteiger partial charge in [0.25, 0.3) is 5.91 Å². The summed E-state index contributed by atoms with van der Waals surface area (Å²) in [7, 11) is 0. The van der Waals surface area contributed by atoms with Crippen LogP contribution in [0.5, 0.6) is 0 Å². The number of nitrogens with zero attached hydrogens (tertiary/aromatic N) is 1. The van der Waals surface area contributed by atoms with E-state index in [2.05, 4.69) is 23.2 Å². The van der Waals surface area contributed by atoms with Gasteiger partial charge in [0.2, 0.25) is 0 Å². The van der Waals surface area contributed by atoms with Crippen molar-refractivity contribution in [1.29, 1.82) is 0 Å². The molecule has 0 aliphatic rings. The SMILES string of the molecule is O=C(NN=C[C@H](O)[C@@H](O)[C@H](O)[C@H](O)CO)c1ccccc1S. The standard InChI is InChI=1S/C13H18N2O6S/c16-6-9(18)12(20)11(19)8(17)5-14-15-13(21)7-3-1-2-4-10(7)22/h1-5,8-9,11-12,16-20,22H,6H2,(H,15,21)/t8-,9+,11+,12+/m0/s1. The van der Waals surface area contributed by atoms with E-state index < -0.39 is 36.9 Å². The van der Waals surface area contributed by atoms with E-state index in [0.717, 1.165) is 6.21 Å². The first-order chi connectivity index (χ1) is 10.4. The Bertz CT molecular complexity index is 527. The number of hydrazone groups is 1. The summed E-state index contributed by atoms with van der Waals surface area (Å²) in [5.74, 6) is -0.570. The highest BCUT2D eigenvalue weighted by molar-refractivity contribution is 7.80. The minimum Gasteiger partial charge on any atom is -0.394 e. The first-order valence-electron chi connectivity index (χ1n) is 6.33. The third-order valence-electron chi connectivity index (χ3n) is 2.82. The van der Waals surface area contributed by atoms with Crippen LogP contribution in [0, 0.1) is 0 Å². The van der Waals surface area contributed by atoms with Gasteiger partial charge in [-0.05, 0) is 12.1 Å². The van der Waals surface area contributed by atoms with Crippen LogP contribution in [0.1, 0.15) is 10.4 Å². The third kappa shape index (κ3) is 5.05. The van der Waals surface area contributed by atoms with Crippen LogP contribution in [0.25, 0.3) is 0 Å². The van der Waals surface area contributed by atoms with Crippen molar-refractivity contribution in [2.24, 2.45) is 5.10 Å². The highest BCUT2D eigenvalue weighted by Gasteiger charge is 2.29. The lowest BCUT2D eigenvalue weighted by Gasteiger charge is -2.23. The zero-order valence-corrected chi connectivity index (χ0v) is 12.3. The van der Waals surface area contributed by atoms with Gasteiger partial charge >= 0.3 is 0 Å². The molecule has 1 amide bonds. The second-order valence-electron chi connectivity index (χ2n) is 4.46. The summed E-state index contributed by atoms with van der Waals surface area (Å²) in [6, 6.07) is 6.49. The number of amides is 1. The average molecular weight is 330 g/mol. The Balaban J connectivity index is 2.58. The highest BCUT2D eigenvalue weighted by atomic mass is 32.1. The van der Waals surface area contributed by atoms with Gasteiger partial charge in [0.15, 0.2) is 0 Å². The van der Waals surface area contributed by atoms with Crippen molar-refractivity contribution >= 4 is 24.8 Å². The van der Waals surface area contributed by atoms with Crippen LogP contribution in [-0.2, 0) is 0 Å². The van der Waals surface area contributed by atoms with Gasteiger partial charge in [-0.25, -0.2) is 5.43 Å². The number of hydrogen-bond acceptors (Lipinski definition) is 8. The first kappa shape index (κ1) is 18.6. The lowest BCUT2D eigenvalue weighted by Crippen LogP contribution is -2.46. The molecule has 0 radical (unpaired) electrons. The van der Waals surface area contributed by atoms with Gasteiger partial charge < -0.3 is 25.5 Å². The van der Waals surface area contributed by atoms with Crippen LogP contribution in [0.3, 0.4) is 0 Å². The monoisotopic (exact) mass is 330 g/mol. The van der Waals surface area contributed by atoms with Gasteiger partial charge in [0.05, 0.1) is 18.4 Å². The Kier molecular flexibility index (Phi) is 7.45. The van der Waals surface area contributed by atoms with E-state index in [1.165, 1.54) is 6.07 Å². The van der Waals surface area contributed by atoms with E-state index in [0.29, 0.717) is 4.90 Å². The number of thiol groups is 1. The number of hydrogen-bond donors (Lipinski definition) is 7. The molecule has 0 unspecified atom stereocenters. The molecule has 4 atom stereocenters. The summed E-state index contributed by atoms with van der Waals surface area (Å²) in [6.07, 6.45) is -6.01. The van der Waals surface area contributed by atoms with Crippen LogP contribution in [0.4, 0.5) is 0 Å². The van der Waals surface area contributed by atoms with E-state index in [1.807, 2.05) is 0 Å². The number of rotatable bonds is 7. The van der Waals surface area contributed by atoms with Crippen LogP contribution >= 0.6 is 12.6 Å². The normalized spacial score (nSPS) is 17.0. The van der Waals surface area contributed by atoms with E-state index >= 15 is 0 Å². The number of aliphatic hydroxyl groups is 5. The van der Waals surface area contributed by atoms with Gasteiger partial charge in [-0.15, -0.1) is 12.6 Å². The topological polar surface area (TPSA) is 143 Å². The van der Waals surface area contributed by atoms with Crippen molar-refractivity contribution in [3.63, 3.8) is 0 Å². The number of benzene rings is 1. The Morgan fingerprint density at radius 2 is 1.86 bits per heavy atom. The molecule has 9 heteroatoms. The number of carbonyl (C=O) groups is 1. The van der Waals surface area contributed by atoms with Crippen molar-refractivity contribution in [1.82, 2.24) is 5.43 Å². The molecule has 1 rings (SSSR count). The predicted molar refractivity (Wildman–Crippen MR) is 80.8 cm³/mol. The maximum atomic E-state index is 11.8. The van der Waals surface area contributed by atoms with E-state index in [-0.39, 0.29) is 5.56 Å². The first-order valence-corrected chi connectivity index (χ1v) is 6.77. The molecule has 122 valence electrons. The smallest absolute Gasteiger partial charge is 0.272 e. The molecule has 0 aliphatic heterocycles. The summed E-state index contributed by atoms with van der Waals surface area (Å²) in [4.78, 5) is 12.2. The van der Waals surface area contributed by atoms with Crippen molar-refractivity contribution in [3.8, 4) is 0 Å². The summed E-state index contributed by atoms with van der Waals surface area (Å²) < 4.78 is 0. The minimum absolute atomic E-state index is 0.272. The zero-order chi connectivity index (χ0) is 16.7. The Morgan fingerprint density at radius 1 is 1.23 bits per heavy atom. The molecular formula is C13H18N2O6S. The highest BCUT2D eigenvalue weighted by Crippen LogP contribution is 2.12. The van der Waals surface area contributed by atoms with E-state index in [9.17, 15) is 20.1 Å². The molecule has 0 bridgehead atoms. The van der Waals surface area contributed by atoms with Crippen molar-refractivity contribution in [2.75, 3.05) is 6.61 Å². The fraction of sp³-hybridized carbons (Fsp3) is 0.385. The van der Waals surface area contributed by atoms with Gasteiger partial charge in [0.1, 0.15) is 24.4 Å². The van der Waals surface area contributed by atoms with Gasteiger partial charge in [-0.3, -0.25) is 4.79 Å². The second kappa shape index (κ2) is 8.83. The van der Waals surface area contributed by atoms with Crippen LogP contribution in [0.2, 0.25) is 0 Å². The fourth-order valence-electron chi connectivity index (χ4n) is 1.52. The molecule has 22 heavy (non-hydrogen) atoms. The van der Waals surface area contributed by atoms with E-state index in [4.69, 9.17) is 10.2 Å². The quantitative estimate of drug-likeness (QED) is 0.177. The van der Waals surface area contributed by atoms with Gasteiger partial charge in [-0.1, -0.05) is 12.1 Å². The van der Waals surface area contributed by atoms with Crippen LogP contribution < -0.4 is 5.43 Å². The van der Waals surface area contributed by atoms with Crippen molar-refractivity contribution in [3.05, 3.63) is 29.8 Å². The lowest BCUT2D eigenvalue weighted by molar-refractivity contribution is -0.0999. The van der Waals surface area contributed by atoms with Crippen molar-refractivity contribution < 1.29 is 30.3 Å². The molecule has 0 aromatic heterocycles. The Morgan fingerprint density at radius 3 is 2.45 bits per heavy atom.